The Labute approximate surface area is 179 Å². The number of hydrogen-bond acceptors (Lipinski definition) is 6. The first-order valence-corrected chi connectivity index (χ1v) is 10.9. The fourth-order valence-electron chi connectivity index (χ4n) is 4.64. The summed E-state index contributed by atoms with van der Waals surface area (Å²) in [6.07, 6.45) is 3.96. The summed E-state index contributed by atoms with van der Waals surface area (Å²) in [5.74, 6) is -0.0685. The van der Waals surface area contributed by atoms with Gasteiger partial charge in [0.05, 0.1) is 18.3 Å². The molecular weight excluding hydrogens is 396 g/mol. The van der Waals surface area contributed by atoms with Gasteiger partial charge in [-0.25, -0.2) is 0 Å². The Morgan fingerprint density at radius 2 is 1.97 bits per heavy atom. The predicted octanol–water partition coefficient (Wildman–Crippen LogP) is 2.94. The molecule has 0 bridgehead atoms. The number of aliphatic hydroxyl groups excluding tert-OH is 1. The molecule has 2 N–H and O–H groups in total. The molecule has 7 heteroatoms. The number of carbonyl (C=O) groups excluding carboxylic acids is 2. The van der Waals surface area contributed by atoms with Gasteiger partial charge in [0.25, 0.3) is 0 Å². The molecule has 3 heterocycles. The summed E-state index contributed by atoms with van der Waals surface area (Å²) in [5.41, 5.74) is 1.56. The van der Waals surface area contributed by atoms with Crippen molar-refractivity contribution in [2.24, 2.45) is 0 Å². The minimum absolute atomic E-state index is 0.164. The number of benzene rings is 2. The van der Waals surface area contributed by atoms with Crippen molar-refractivity contribution in [2.75, 3.05) is 26.2 Å². The molecule has 5 rings (SSSR count). The zero-order chi connectivity index (χ0) is 21.4. The summed E-state index contributed by atoms with van der Waals surface area (Å²) < 4.78 is 11.7. The van der Waals surface area contributed by atoms with E-state index in [2.05, 4.69) is 10.2 Å². The van der Waals surface area contributed by atoms with Crippen molar-refractivity contribution in [1.29, 1.82) is 0 Å². The third kappa shape index (κ3) is 4.03. The van der Waals surface area contributed by atoms with E-state index in [-0.39, 0.29) is 23.8 Å². The lowest BCUT2D eigenvalue weighted by atomic mass is 9.89. The fraction of sp³-hybridized carbons (Fsp3) is 0.417. The molecule has 0 saturated carbocycles. The maximum atomic E-state index is 12.4. The molecule has 2 saturated heterocycles. The first kappa shape index (κ1) is 20.0. The number of ether oxygens (including phenoxy) is 1. The average molecular weight is 422 g/mol. The molecule has 2 amide bonds. The Kier molecular flexibility index (Phi) is 5.38. The summed E-state index contributed by atoms with van der Waals surface area (Å²) in [6, 6.07) is 9.87. The van der Waals surface area contributed by atoms with E-state index in [1.807, 2.05) is 30.3 Å². The molecular formula is C24H26N2O5. The van der Waals surface area contributed by atoms with E-state index in [9.17, 15) is 14.7 Å². The Hall–Kier alpha value is -2.90. The van der Waals surface area contributed by atoms with E-state index < -0.39 is 0 Å². The van der Waals surface area contributed by atoms with Crippen LogP contribution in [0.4, 0.5) is 0 Å². The molecule has 1 atom stereocenters. The van der Waals surface area contributed by atoms with Crippen molar-refractivity contribution >= 4 is 33.6 Å². The van der Waals surface area contributed by atoms with Crippen LogP contribution in [0, 0.1) is 0 Å². The van der Waals surface area contributed by atoms with Crippen molar-refractivity contribution in [3.05, 3.63) is 42.2 Å². The van der Waals surface area contributed by atoms with E-state index in [0.29, 0.717) is 19.4 Å². The smallest absolute Gasteiger partial charge is 0.234 e. The summed E-state index contributed by atoms with van der Waals surface area (Å²) >= 11 is 0. The van der Waals surface area contributed by atoms with Gasteiger partial charge in [-0.1, -0.05) is 6.07 Å². The third-order valence-electron chi connectivity index (χ3n) is 6.40. The fourth-order valence-corrected chi connectivity index (χ4v) is 4.64. The zero-order valence-corrected chi connectivity index (χ0v) is 17.3. The van der Waals surface area contributed by atoms with Crippen molar-refractivity contribution < 1.29 is 23.8 Å². The van der Waals surface area contributed by atoms with Crippen LogP contribution in [-0.4, -0.2) is 54.2 Å². The quantitative estimate of drug-likeness (QED) is 0.615. The van der Waals surface area contributed by atoms with Gasteiger partial charge < -0.3 is 14.3 Å². The topological polar surface area (TPSA) is 92.0 Å². The van der Waals surface area contributed by atoms with E-state index in [1.165, 1.54) is 0 Å². The van der Waals surface area contributed by atoms with Gasteiger partial charge in [-0.15, -0.1) is 0 Å². The lowest BCUT2D eigenvalue weighted by Gasteiger charge is -2.29. The first-order valence-electron chi connectivity index (χ1n) is 10.9. The molecule has 0 aliphatic carbocycles. The van der Waals surface area contributed by atoms with Crippen LogP contribution in [0.3, 0.4) is 0 Å². The second-order valence-electron chi connectivity index (χ2n) is 8.44. The van der Waals surface area contributed by atoms with Crippen LogP contribution in [0.5, 0.6) is 5.75 Å². The summed E-state index contributed by atoms with van der Waals surface area (Å²) in [7, 11) is 0. The summed E-state index contributed by atoms with van der Waals surface area (Å²) in [6.45, 7) is 3.25. The number of nitrogens with one attached hydrogen (secondary N) is 1. The Bertz CT molecular complexity index is 1130. The molecule has 2 aliphatic heterocycles. The minimum Gasteiger partial charge on any atom is -0.492 e. The van der Waals surface area contributed by atoms with Crippen molar-refractivity contribution in [1.82, 2.24) is 10.2 Å². The minimum atomic E-state index is -0.386. The number of carbonyl (C=O) groups is 2. The Balaban J connectivity index is 1.35. The molecule has 1 unspecified atom stereocenters. The summed E-state index contributed by atoms with van der Waals surface area (Å²) in [4.78, 5) is 26.2. The highest BCUT2D eigenvalue weighted by Gasteiger charge is 2.31. The molecule has 1 aromatic heterocycles. The highest BCUT2D eigenvalue weighted by Crippen LogP contribution is 2.37. The second kappa shape index (κ2) is 8.32. The van der Waals surface area contributed by atoms with Crippen molar-refractivity contribution in [3.8, 4) is 5.75 Å². The standard InChI is InChI=1S/C24H26N2O5/c27-16-7-9-26(10-8-16)11-12-30-17-2-3-18-15(13-17)1-5-21-23(18)20(14-31-21)19-4-6-22(28)25-24(19)29/h1-3,5,13-14,16,19,27H,4,6-12H2,(H,25,28,29). The number of furan rings is 1. The van der Waals surface area contributed by atoms with Crippen LogP contribution < -0.4 is 10.1 Å². The molecule has 0 spiro atoms. The van der Waals surface area contributed by atoms with Crippen molar-refractivity contribution in [2.45, 2.75) is 37.7 Å². The van der Waals surface area contributed by atoms with Gasteiger partial charge in [0, 0.05) is 37.0 Å². The van der Waals surface area contributed by atoms with Gasteiger partial charge in [-0.3, -0.25) is 19.8 Å². The monoisotopic (exact) mass is 422 g/mol. The van der Waals surface area contributed by atoms with Gasteiger partial charge in [-0.2, -0.15) is 0 Å². The van der Waals surface area contributed by atoms with E-state index >= 15 is 0 Å². The lowest BCUT2D eigenvalue weighted by Crippen LogP contribution is -2.39. The van der Waals surface area contributed by atoms with Crippen LogP contribution in [-0.2, 0) is 9.59 Å². The number of piperidine rings is 2. The normalized spacial score (nSPS) is 21.0. The Morgan fingerprint density at radius 3 is 2.77 bits per heavy atom. The number of rotatable bonds is 5. The van der Waals surface area contributed by atoms with Crippen LogP contribution in [0.15, 0.2) is 41.0 Å². The molecule has 162 valence electrons. The first-order chi connectivity index (χ1) is 15.1. The largest absolute Gasteiger partial charge is 0.492 e. The molecule has 31 heavy (non-hydrogen) atoms. The number of aliphatic hydroxyl groups is 1. The number of nitrogens with zero attached hydrogens (tertiary/aromatic N) is 1. The highest BCUT2D eigenvalue weighted by molar-refractivity contribution is 6.10. The van der Waals surface area contributed by atoms with Gasteiger partial charge in [-0.05, 0) is 54.3 Å². The van der Waals surface area contributed by atoms with Crippen LogP contribution in [0.25, 0.3) is 21.7 Å². The van der Waals surface area contributed by atoms with Crippen molar-refractivity contribution in [3.63, 3.8) is 0 Å². The third-order valence-corrected chi connectivity index (χ3v) is 6.40. The number of fused-ring (bicyclic) bond motifs is 3. The molecule has 7 nitrogen and oxygen atoms in total. The van der Waals surface area contributed by atoms with Gasteiger partial charge in [0.15, 0.2) is 0 Å². The number of hydrogen-bond donors (Lipinski definition) is 2. The van der Waals surface area contributed by atoms with Gasteiger partial charge in [0.1, 0.15) is 17.9 Å². The van der Waals surface area contributed by atoms with E-state index in [0.717, 1.165) is 65.5 Å². The van der Waals surface area contributed by atoms with Gasteiger partial charge in [0.2, 0.25) is 11.8 Å². The predicted molar refractivity (Wildman–Crippen MR) is 116 cm³/mol. The number of imide groups is 1. The molecule has 3 aromatic rings. The maximum absolute atomic E-state index is 12.4. The van der Waals surface area contributed by atoms with Gasteiger partial charge >= 0.3 is 0 Å². The second-order valence-corrected chi connectivity index (χ2v) is 8.44. The van der Waals surface area contributed by atoms with Crippen LogP contribution in [0.1, 0.15) is 37.2 Å². The number of likely N-dealkylation sites (tertiary alicyclic amines) is 1. The van der Waals surface area contributed by atoms with E-state index in [4.69, 9.17) is 9.15 Å². The lowest BCUT2D eigenvalue weighted by molar-refractivity contribution is -0.134. The highest BCUT2D eigenvalue weighted by atomic mass is 16.5. The number of amides is 2. The van der Waals surface area contributed by atoms with Crippen LogP contribution >= 0.6 is 0 Å². The maximum Gasteiger partial charge on any atom is 0.234 e. The molecule has 0 radical (unpaired) electrons. The van der Waals surface area contributed by atoms with Crippen LogP contribution in [0.2, 0.25) is 0 Å². The molecule has 2 fully saturated rings. The zero-order valence-electron chi connectivity index (χ0n) is 17.3. The molecule has 2 aromatic carbocycles. The summed E-state index contributed by atoms with van der Waals surface area (Å²) in [5, 5.41) is 15.0. The molecule has 2 aliphatic rings. The van der Waals surface area contributed by atoms with E-state index in [1.54, 1.807) is 6.26 Å². The SMILES string of the molecule is O=C1CCC(c2coc3ccc4cc(OCCN5CCC(O)CC5)ccc4c23)C(=O)N1. The average Bonchev–Trinajstić information content (AvgIpc) is 3.19. The Morgan fingerprint density at radius 1 is 1.13 bits per heavy atom.